The molecule has 4 rings (SSSR count). The van der Waals surface area contributed by atoms with Gasteiger partial charge in [-0.05, 0) is 60.6 Å². The molecule has 3 aromatic carbocycles. The summed E-state index contributed by atoms with van der Waals surface area (Å²) in [6, 6.07) is 11.6. The number of ether oxygens (including phenoxy) is 1. The fourth-order valence-electron chi connectivity index (χ4n) is 4.19. The zero-order valence-electron chi connectivity index (χ0n) is 22.0. The third kappa shape index (κ3) is 6.99. The first-order chi connectivity index (χ1) is 19.5. The molecule has 41 heavy (non-hydrogen) atoms. The van der Waals surface area contributed by atoms with Crippen LogP contribution in [0.25, 0.3) is 0 Å². The fourth-order valence-corrected chi connectivity index (χ4v) is 4.70. The Labute approximate surface area is 244 Å². The minimum Gasteiger partial charge on any atom is -0.493 e. The molecule has 0 aliphatic carbocycles. The summed E-state index contributed by atoms with van der Waals surface area (Å²) in [4.78, 5) is 15.5. The van der Waals surface area contributed by atoms with Crippen LogP contribution in [-0.4, -0.2) is 43.8 Å². The highest BCUT2D eigenvalue weighted by Gasteiger charge is 2.31. The van der Waals surface area contributed by atoms with Crippen LogP contribution in [0.3, 0.4) is 0 Å². The molecule has 1 heterocycles. The van der Waals surface area contributed by atoms with Crippen molar-refractivity contribution in [3.63, 3.8) is 0 Å². The van der Waals surface area contributed by atoms with Crippen LogP contribution in [0.4, 0.5) is 39.0 Å². The lowest BCUT2D eigenvalue weighted by Crippen LogP contribution is -2.47. The first-order valence-corrected chi connectivity index (χ1v) is 13.4. The van der Waals surface area contributed by atoms with E-state index in [-0.39, 0.29) is 31.3 Å². The Morgan fingerprint density at radius 2 is 1.46 bits per heavy atom. The molecular formula is C28H26ClF5N4O2S. The van der Waals surface area contributed by atoms with E-state index < -0.39 is 40.7 Å². The number of amides is 1. The van der Waals surface area contributed by atoms with Crippen molar-refractivity contribution >= 4 is 51.9 Å². The van der Waals surface area contributed by atoms with Gasteiger partial charge in [0.15, 0.2) is 28.4 Å². The van der Waals surface area contributed by atoms with Gasteiger partial charge in [-0.15, -0.1) is 0 Å². The molecule has 0 spiro atoms. The van der Waals surface area contributed by atoms with Crippen molar-refractivity contribution in [2.75, 3.05) is 47.9 Å². The van der Waals surface area contributed by atoms with Crippen LogP contribution in [0.1, 0.15) is 24.2 Å². The molecule has 13 heteroatoms. The highest BCUT2D eigenvalue weighted by molar-refractivity contribution is 7.80. The molecule has 1 aliphatic rings. The average Bonchev–Trinajstić information content (AvgIpc) is 2.95. The van der Waals surface area contributed by atoms with Gasteiger partial charge in [-0.1, -0.05) is 25.4 Å². The number of nitrogens with zero attached hydrogens (tertiary/aromatic N) is 2. The van der Waals surface area contributed by atoms with Gasteiger partial charge in [0.05, 0.1) is 17.3 Å². The SMILES string of the molecule is CC(C)COc1ccc(C(=O)NC(=S)Nc2ccc(N3CCN(c4c(F)c(F)c(F)c(F)c4F)CC3)c(Cl)c2)cc1. The quantitative estimate of drug-likeness (QED) is 0.137. The second kappa shape index (κ2) is 12.9. The molecule has 0 atom stereocenters. The predicted molar refractivity (Wildman–Crippen MR) is 153 cm³/mol. The van der Waals surface area contributed by atoms with Gasteiger partial charge >= 0.3 is 0 Å². The molecule has 0 unspecified atom stereocenters. The fraction of sp³-hybridized carbons (Fsp3) is 0.286. The monoisotopic (exact) mass is 612 g/mol. The second-order valence-corrected chi connectivity index (χ2v) is 10.5. The zero-order valence-corrected chi connectivity index (χ0v) is 23.6. The summed E-state index contributed by atoms with van der Waals surface area (Å²) in [6.45, 7) is 5.05. The number of benzene rings is 3. The molecule has 0 radical (unpaired) electrons. The molecule has 0 aromatic heterocycles. The minimum absolute atomic E-state index is 0.00433. The lowest BCUT2D eigenvalue weighted by atomic mass is 10.2. The molecule has 3 aromatic rings. The Hall–Kier alpha value is -3.64. The Kier molecular flexibility index (Phi) is 9.54. The zero-order chi connectivity index (χ0) is 29.8. The standard InChI is InChI=1S/C28H26ClF5N4O2S/c1-15(2)14-40-18-6-3-16(4-7-18)27(39)36-28(41)35-17-5-8-20(19(29)13-17)37-9-11-38(12-10-37)26-24(33)22(31)21(30)23(32)25(26)34/h3-8,13,15H,9-12,14H2,1-2H3,(H2,35,36,39,41). The van der Waals surface area contributed by atoms with Crippen LogP contribution in [0, 0.1) is 35.0 Å². The Morgan fingerprint density at radius 3 is 2.02 bits per heavy atom. The Bertz CT molecular complexity index is 1420. The van der Waals surface area contributed by atoms with E-state index in [4.69, 9.17) is 28.6 Å². The Balaban J connectivity index is 1.34. The number of carbonyl (C=O) groups is 1. The van der Waals surface area contributed by atoms with Gasteiger partial charge in [0.25, 0.3) is 5.91 Å². The van der Waals surface area contributed by atoms with Gasteiger partial charge in [0, 0.05) is 37.4 Å². The molecule has 1 fully saturated rings. The molecule has 1 aliphatic heterocycles. The van der Waals surface area contributed by atoms with E-state index >= 15 is 0 Å². The first kappa shape index (κ1) is 30.3. The highest BCUT2D eigenvalue weighted by Crippen LogP contribution is 2.33. The molecule has 0 bridgehead atoms. The third-order valence-corrected chi connectivity index (χ3v) is 6.76. The molecule has 6 nitrogen and oxygen atoms in total. The lowest BCUT2D eigenvalue weighted by molar-refractivity contribution is 0.0977. The van der Waals surface area contributed by atoms with E-state index in [1.165, 1.54) is 0 Å². The smallest absolute Gasteiger partial charge is 0.257 e. The predicted octanol–water partition coefficient (Wildman–Crippen LogP) is 6.52. The number of anilines is 3. The average molecular weight is 613 g/mol. The molecular weight excluding hydrogens is 587 g/mol. The number of carbonyl (C=O) groups excluding carboxylic acids is 1. The van der Waals surface area contributed by atoms with Gasteiger partial charge in [-0.25, -0.2) is 22.0 Å². The summed E-state index contributed by atoms with van der Waals surface area (Å²) in [5, 5.41) is 5.86. The van der Waals surface area contributed by atoms with Crippen LogP contribution >= 0.6 is 23.8 Å². The molecule has 1 saturated heterocycles. The van der Waals surface area contributed by atoms with Crippen molar-refractivity contribution in [3.05, 3.63) is 82.1 Å². The molecule has 218 valence electrons. The van der Waals surface area contributed by atoms with E-state index in [2.05, 4.69) is 10.6 Å². The number of hydrogen-bond acceptors (Lipinski definition) is 5. The van der Waals surface area contributed by atoms with E-state index in [0.717, 1.165) is 4.90 Å². The van der Waals surface area contributed by atoms with Gasteiger partial charge in [0.2, 0.25) is 5.82 Å². The summed E-state index contributed by atoms with van der Waals surface area (Å²) >= 11 is 11.7. The summed E-state index contributed by atoms with van der Waals surface area (Å²) < 4.78 is 74.7. The van der Waals surface area contributed by atoms with Gasteiger partial charge < -0.3 is 19.9 Å². The van der Waals surface area contributed by atoms with Crippen molar-refractivity contribution < 1.29 is 31.5 Å². The third-order valence-electron chi connectivity index (χ3n) is 6.26. The van der Waals surface area contributed by atoms with Crippen LogP contribution < -0.4 is 25.2 Å². The lowest BCUT2D eigenvalue weighted by Gasteiger charge is -2.38. The highest BCUT2D eigenvalue weighted by atomic mass is 35.5. The van der Waals surface area contributed by atoms with E-state index in [1.54, 1.807) is 42.5 Å². The Morgan fingerprint density at radius 1 is 0.902 bits per heavy atom. The van der Waals surface area contributed by atoms with Crippen LogP contribution in [-0.2, 0) is 0 Å². The largest absolute Gasteiger partial charge is 0.493 e. The van der Waals surface area contributed by atoms with E-state index in [9.17, 15) is 26.7 Å². The summed E-state index contributed by atoms with van der Waals surface area (Å²) in [5.74, 6) is -9.26. The first-order valence-electron chi connectivity index (χ1n) is 12.6. The van der Waals surface area contributed by atoms with E-state index in [1.807, 2.05) is 18.7 Å². The summed E-state index contributed by atoms with van der Waals surface area (Å²) in [6.07, 6.45) is 0. The number of rotatable bonds is 7. The number of hydrogen-bond donors (Lipinski definition) is 2. The van der Waals surface area contributed by atoms with Crippen LogP contribution in [0.5, 0.6) is 5.75 Å². The van der Waals surface area contributed by atoms with Crippen molar-refractivity contribution in [1.82, 2.24) is 5.32 Å². The molecule has 0 saturated carbocycles. The number of halogens is 6. The number of piperazine rings is 1. The van der Waals surface area contributed by atoms with Gasteiger partial charge in [-0.2, -0.15) is 0 Å². The second-order valence-electron chi connectivity index (χ2n) is 9.70. The van der Waals surface area contributed by atoms with Crippen molar-refractivity contribution in [3.8, 4) is 5.75 Å². The topological polar surface area (TPSA) is 56.8 Å². The maximum absolute atomic E-state index is 14.2. The summed E-state index contributed by atoms with van der Waals surface area (Å²) in [5.41, 5.74) is 0.549. The normalized spacial score (nSPS) is 13.4. The molecule has 2 N–H and O–H groups in total. The number of thiocarbonyl (C=S) groups is 1. The van der Waals surface area contributed by atoms with Crippen LogP contribution in [0.15, 0.2) is 42.5 Å². The van der Waals surface area contributed by atoms with E-state index in [0.29, 0.717) is 40.2 Å². The van der Waals surface area contributed by atoms with Crippen molar-refractivity contribution in [2.24, 2.45) is 5.92 Å². The minimum atomic E-state index is -2.19. The van der Waals surface area contributed by atoms with Gasteiger partial charge in [0.1, 0.15) is 11.4 Å². The molecule has 1 amide bonds. The van der Waals surface area contributed by atoms with Crippen LogP contribution in [0.2, 0.25) is 5.02 Å². The van der Waals surface area contributed by atoms with Crippen molar-refractivity contribution in [2.45, 2.75) is 13.8 Å². The van der Waals surface area contributed by atoms with Crippen molar-refractivity contribution in [1.29, 1.82) is 0 Å². The maximum Gasteiger partial charge on any atom is 0.257 e. The number of nitrogens with one attached hydrogen (secondary N) is 2. The maximum atomic E-state index is 14.2. The summed E-state index contributed by atoms with van der Waals surface area (Å²) in [7, 11) is 0. The van der Waals surface area contributed by atoms with Gasteiger partial charge in [-0.3, -0.25) is 10.1 Å².